The van der Waals surface area contributed by atoms with Crippen LogP contribution in [-0.2, 0) is 23.2 Å². The van der Waals surface area contributed by atoms with Crippen molar-refractivity contribution in [3.8, 4) is 0 Å². The van der Waals surface area contributed by atoms with E-state index >= 15 is 0 Å². The Labute approximate surface area is 169 Å². The van der Waals surface area contributed by atoms with E-state index in [4.69, 9.17) is 0 Å². The first-order valence-corrected chi connectivity index (χ1v) is 11.0. The maximum Gasteiger partial charge on any atom is -1.00 e. The molecule has 0 bridgehead atoms. The smallest absolute Gasteiger partial charge is 1.00 e. The van der Waals surface area contributed by atoms with Crippen LogP contribution in [0.3, 0.4) is 0 Å². The van der Waals surface area contributed by atoms with Crippen LogP contribution < -0.4 is 24.8 Å². The molecule has 0 N–H and O–H groups in total. The molecule has 1 fully saturated rings. The average Bonchev–Trinajstić information content (AvgIpc) is 3.17. The van der Waals surface area contributed by atoms with Gasteiger partial charge in [0.15, 0.2) is 0 Å². The number of halogens is 2. The Morgan fingerprint density at radius 3 is 2.50 bits per heavy atom. The molecule has 0 spiro atoms. The maximum atomic E-state index is 2.52. The average molecular weight is 437 g/mol. The number of hydrogen-bond donors (Lipinski definition) is 0. The summed E-state index contributed by atoms with van der Waals surface area (Å²) in [5, 5.41) is 0. The molecule has 3 aliphatic rings. The van der Waals surface area contributed by atoms with Gasteiger partial charge < -0.3 is 24.8 Å². The summed E-state index contributed by atoms with van der Waals surface area (Å²) in [6, 6.07) is 11.0. The van der Waals surface area contributed by atoms with Crippen LogP contribution in [0.5, 0.6) is 0 Å². The predicted octanol–water partition coefficient (Wildman–Crippen LogP) is -0.365. The van der Waals surface area contributed by atoms with E-state index in [9.17, 15) is 0 Å². The summed E-state index contributed by atoms with van der Waals surface area (Å²) in [6.07, 6.45) is 16.8. The van der Waals surface area contributed by atoms with Gasteiger partial charge in [-0.15, -0.1) is 0 Å². The molecule has 1 aromatic rings. The van der Waals surface area contributed by atoms with Crippen LogP contribution in [0.4, 0.5) is 0 Å². The summed E-state index contributed by atoms with van der Waals surface area (Å²) >= 11 is -0.447. The van der Waals surface area contributed by atoms with Crippen LogP contribution >= 0.6 is 0 Å². The molecule has 4 atom stereocenters. The number of benzene rings is 1. The molecular weight excluding hydrogens is 414 g/mol. The Morgan fingerprint density at radius 1 is 1.00 bits per heavy atom. The SMILES string of the molecule is CC1CC2C(c3ccccc3)=CC=CC2[CH]1[Zr+2][C]1=CC=CC1.[Cl-].[Cl-]. The summed E-state index contributed by atoms with van der Waals surface area (Å²) in [5.41, 5.74) is 3.02. The van der Waals surface area contributed by atoms with Gasteiger partial charge in [-0.2, -0.15) is 0 Å². The minimum absolute atomic E-state index is 0. The molecule has 0 radical (unpaired) electrons. The fraction of sp³-hybridized carbons (Fsp3) is 0.333. The Hall–Kier alpha value is -0.357. The summed E-state index contributed by atoms with van der Waals surface area (Å²) in [7, 11) is 0. The van der Waals surface area contributed by atoms with Crippen LogP contribution in [0, 0.1) is 17.8 Å². The zero-order valence-electron chi connectivity index (χ0n) is 13.8. The molecule has 0 nitrogen and oxygen atoms in total. The second-order valence-corrected chi connectivity index (χ2v) is 10.7. The van der Waals surface area contributed by atoms with Crippen molar-refractivity contribution in [2.24, 2.45) is 17.8 Å². The molecule has 3 heteroatoms. The van der Waals surface area contributed by atoms with Crippen LogP contribution in [0.2, 0.25) is 3.63 Å². The van der Waals surface area contributed by atoms with E-state index < -0.39 is 23.2 Å². The minimum Gasteiger partial charge on any atom is -1.00 e. The fourth-order valence-electron chi connectivity index (χ4n) is 4.28. The second kappa shape index (κ2) is 8.84. The van der Waals surface area contributed by atoms with Gasteiger partial charge in [-0.25, -0.2) is 0 Å². The number of allylic oxidation sites excluding steroid dienone is 8. The van der Waals surface area contributed by atoms with Gasteiger partial charge in [-0.05, 0) is 0 Å². The van der Waals surface area contributed by atoms with Crippen molar-refractivity contribution in [3.05, 3.63) is 75.6 Å². The topological polar surface area (TPSA) is 0 Å². The van der Waals surface area contributed by atoms with E-state index in [1.165, 1.54) is 18.4 Å². The quantitative estimate of drug-likeness (QED) is 0.607. The van der Waals surface area contributed by atoms with Crippen molar-refractivity contribution in [1.29, 1.82) is 0 Å². The number of fused-ring (bicyclic) bond motifs is 1. The molecule has 0 aliphatic heterocycles. The third-order valence-electron chi connectivity index (χ3n) is 5.36. The standard InChI is InChI=1S/C16H17.C5H5.2ClH.Zr/c1-12-10-14-8-5-9-15(16(14)11-12)13-6-3-2-4-7-13;1-2-4-5-3-1;;;/h2-10,12,14,16H,11H2,1H3;1-3H,4H2;2*1H;/q;;;;+2/p-2. The van der Waals surface area contributed by atoms with Gasteiger partial charge in [0.25, 0.3) is 0 Å². The van der Waals surface area contributed by atoms with Crippen molar-refractivity contribution in [3.63, 3.8) is 0 Å². The molecule has 24 heavy (non-hydrogen) atoms. The number of hydrogen-bond acceptors (Lipinski definition) is 0. The monoisotopic (exact) mass is 434 g/mol. The molecular formula is C21H22Cl2Zr. The molecule has 1 aromatic carbocycles. The van der Waals surface area contributed by atoms with E-state index in [-0.39, 0.29) is 24.8 Å². The van der Waals surface area contributed by atoms with Crippen LogP contribution in [-0.4, -0.2) is 0 Å². The van der Waals surface area contributed by atoms with Gasteiger partial charge in [0.2, 0.25) is 0 Å². The first-order valence-electron chi connectivity index (χ1n) is 8.39. The van der Waals surface area contributed by atoms with Gasteiger partial charge >= 0.3 is 146 Å². The Bertz CT molecular complexity index is 672. The number of rotatable bonds is 3. The molecule has 4 unspecified atom stereocenters. The third-order valence-corrected chi connectivity index (χ3v) is 10.3. The van der Waals surface area contributed by atoms with Crippen LogP contribution in [0.1, 0.15) is 25.3 Å². The van der Waals surface area contributed by atoms with E-state index in [2.05, 4.69) is 73.7 Å². The summed E-state index contributed by atoms with van der Waals surface area (Å²) in [5.74, 6) is 2.43. The minimum atomic E-state index is -0.447. The van der Waals surface area contributed by atoms with Crippen molar-refractivity contribution in [1.82, 2.24) is 0 Å². The van der Waals surface area contributed by atoms with Crippen LogP contribution in [0.25, 0.3) is 5.57 Å². The Morgan fingerprint density at radius 2 is 1.79 bits per heavy atom. The molecule has 0 heterocycles. The van der Waals surface area contributed by atoms with Crippen molar-refractivity contribution in [2.75, 3.05) is 0 Å². The molecule has 1 saturated carbocycles. The zero-order valence-corrected chi connectivity index (χ0v) is 17.8. The molecule has 4 rings (SSSR count). The van der Waals surface area contributed by atoms with E-state index in [0.717, 1.165) is 21.4 Å². The summed E-state index contributed by atoms with van der Waals surface area (Å²) in [6.45, 7) is 2.50. The largest absolute Gasteiger partial charge is 1.00 e. The normalized spacial score (nSPS) is 29.7. The Kier molecular flexibility index (Phi) is 7.35. The van der Waals surface area contributed by atoms with Crippen molar-refractivity contribution in [2.45, 2.75) is 23.4 Å². The van der Waals surface area contributed by atoms with Gasteiger partial charge in [-0.3, -0.25) is 0 Å². The second-order valence-electron chi connectivity index (χ2n) is 6.76. The first kappa shape index (κ1) is 20.0. The molecule has 0 amide bonds. The third kappa shape index (κ3) is 3.90. The van der Waals surface area contributed by atoms with Crippen molar-refractivity contribution >= 4 is 5.57 Å². The molecule has 0 saturated heterocycles. The first-order chi connectivity index (χ1) is 10.8. The van der Waals surface area contributed by atoms with Gasteiger partial charge in [0.05, 0.1) is 0 Å². The van der Waals surface area contributed by atoms with E-state index in [0.29, 0.717) is 0 Å². The van der Waals surface area contributed by atoms with Gasteiger partial charge in [-0.1, -0.05) is 0 Å². The van der Waals surface area contributed by atoms with E-state index in [1.54, 1.807) is 8.85 Å². The molecule has 124 valence electrons. The zero-order chi connectivity index (χ0) is 14.9. The maximum absolute atomic E-state index is 2.52. The predicted molar refractivity (Wildman–Crippen MR) is 89.9 cm³/mol. The van der Waals surface area contributed by atoms with Crippen LogP contribution in [0.15, 0.2) is 70.1 Å². The summed E-state index contributed by atoms with van der Waals surface area (Å²) in [4.78, 5) is 0. The van der Waals surface area contributed by atoms with Crippen molar-refractivity contribution < 1.29 is 48.0 Å². The summed E-state index contributed by atoms with van der Waals surface area (Å²) < 4.78 is 2.77. The molecule has 3 aliphatic carbocycles. The fourth-order valence-corrected chi connectivity index (χ4v) is 8.74. The Balaban J connectivity index is 0.00000104. The van der Waals surface area contributed by atoms with Gasteiger partial charge in [0, 0.05) is 0 Å². The van der Waals surface area contributed by atoms with E-state index in [1.807, 2.05) is 0 Å². The van der Waals surface area contributed by atoms with Gasteiger partial charge in [0.1, 0.15) is 0 Å². The molecule has 0 aromatic heterocycles.